The normalized spacial score (nSPS) is 10.9. The molecule has 0 saturated heterocycles. The third-order valence-corrected chi connectivity index (χ3v) is 4.38. The second-order valence-corrected chi connectivity index (χ2v) is 6.23. The molecule has 0 atom stereocenters. The maximum absolute atomic E-state index is 12.3. The van der Waals surface area contributed by atoms with Crippen LogP contribution in [0, 0.1) is 0 Å². The standard InChI is InChI=1S/C22H18N2O3/c1-2-14-8-11-20-18(12-14)24-22(27-20)17-13-16(9-10-19(17)25)23-21(26)15-6-4-3-5-7-15/h3-13,25H,2H2,1H3,(H,23,26). The highest BCUT2D eigenvalue weighted by Crippen LogP contribution is 2.33. The number of carbonyl (C=O) groups is 1. The lowest BCUT2D eigenvalue weighted by molar-refractivity contribution is 0.102. The molecule has 5 nitrogen and oxygen atoms in total. The van der Waals surface area contributed by atoms with Crippen LogP contribution in [0.3, 0.4) is 0 Å². The van der Waals surface area contributed by atoms with Crippen LogP contribution in [0.1, 0.15) is 22.8 Å². The molecule has 0 saturated carbocycles. The van der Waals surface area contributed by atoms with Gasteiger partial charge in [-0.15, -0.1) is 0 Å². The first-order chi connectivity index (χ1) is 13.1. The van der Waals surface area contributed by atoms with Crippen LogP contribution >= 0.6 is 0 Å². The Kier molecular flexibility index (Phi) is 4.34. The second-order valence-electron chi connectivity index (χ2n) is 6.23. The number of nitrogens with zero attached hydrogens (tertiary/aromatic N) is 1. The molecule has 1 aromatic heterocycles. The molecule has 0 unspecified atom stereocenters. The zero-order valence-electron chi connectivity index (χ0n) is 14.8. The number of oxazole rings is 1. The van der Waals surface area contributed by atoms with Crippen molar-refractivity contribution >= 4 is 22.7 Å². The van der Waals surface area contributed by atoms with Gasteiger partial charge >= 0.3 is 0 Å². The summed E-state index contributed by atoms with van der Waals surface area (Å²) in [6.45, 7) is 2.08. The van der Waals surface area contributed by atoms with Crippen molar-refractivity contribution in [2.24, 2.45) is 0 Å². The van der Waals surface area contributed by atoms with E-state index in [1.807, 2.05) is 24.3 Å². The Morgan fingerprint density at radius 1 is 1.07 bits per heavy atom. The molecule has 4 aromatic rings. The Labute approximate surface area is 156 Å². The molecule has 0 bridgehead atoms. The van der Waals surface area contributed by atoms with Crippen molar-refractivity contribution in [1.82, 2.24) is 4.98 Å². The van der Waals surface area contributed by atoms with Crippen LogP contribution in [-0.2, 0) is 6.42 Å². The lowest BCUT2D eigenvalue weighted by Crippen LogP contribution is -2.11. The number of benzene rings is 3. The molecule has 0 radical (unpaired) electrons. The monoisotopic (exact) mass is 358 g/mol. The van der Waals surface area contributed by atoms with Gasteiger partial charge in [-0.25, -0.2) is 4.98 Å². The average molecular weight is 358 g/mol. The summed E-state index contributed by atoms with van der Waals surface area (Å²) >= 11 is 0. The molecule has 2 N–H and O–H groups in total. The van der Waals surface area contributed by atoms with Crippen molar-refractivity contribution in [1.29, 1.82) is 0 Å². The number of carbonyl (C=O) groups excluding carboxylic acids is 1. The maximum atomic E-state index is 12.3. The Bertz CT molecular complexity index is 1120. The first-order valence-electron chi connectivity index (χ1n) is 8.73. The predicted molar refractivity (Wildman–Crippen MR) is 105 cm³/mol. The molecule has 5 heteroatoms. The van der Waals surface area contributed by atoms with Crippen molar-refractivity contribution in [3.8, 4) is 17.2 Å². The largest absolute Gasteiger partial charge is 0.507 e. The van der Waals surface area contributed by atoms with Crippen molar-refractivity contribution in [2.75, 3.05) is 5.32 Å². The summed E-state index contributed by atoms with van der Waals surface area (Å²) in [6, 6.07) is 19.6. The first-order valence-corrected chi connectivity index (χ1v) is 8.73. The Morgan fingerprint density at radius 2 is 1.89 bits per heavy atom. The number of aryl methyl sites for hydroxylation is 1. The van der Waals surface area contributed by atoms with E-state index < -0.39 is 0 Å². The van der Waals surface area contributed by atoms with Crippen molar-refractivity contribution in [3.63, 3.8) is 0 Å². The molecule has 0 fully saturated rings. The highest BCUT2D eigenvalue weighted by Gasteiger charge is 2.14. The molecular weight excluding hydrogens is 340 g/mol. The summed E-state index contributed by atoms with van der Waals surface area (Å²) in [5, 5.41) is 13.1. The summed E-state index contributed by atoms with van der Waals surface area (Å²) in [4.78, 5) is 16.8. The van der Waals surface area contributed by atoms with Crippen LogP contribution < -0.4 is 5.32 Å². The molecule has 1 amide bonds. The SMILES string of the molecule is CCc1ccc2oc(-c3cc(NC(=O)c4ccccc4)ccc3O)nc2c1. The highest BCUT2D eigenvalue weighted by atomic mass is 16.3. The Morgan fingerprint density at radius 3 is 2.67 bits per heavy atom. The molecule has 0 aliphatic carbocycles. The van der Waals surface area contributed by atoms with Gasteiger partial charge in [-0.05, 0) is 54.4 Å². The highest BCUT2D eigenvalue weighted by molar-refractivity contribution is 6.04. The third kappa shape index (κ3) is 3.40. The van der Waals surface area contributed by atoms with Crippen LogP contribution in [0.4, 0.5) is 5.69 Å². The molecule has 1 heterocycles. The van der Waals surface area contributed by atoms with Gasteiger partial charge in [0, 0.05) is 11.3 Å². The van der Waals surface area contributed by atoms with E-state index in [2.05, 4.69) is 17.2 Å². The number of rotatable bonds is 4. The number of aromatic nitrogens is 1. The van der Waals surface area contributed by atoms with Crippen LogP contribution in [0.15, 0.2) is 71.1 Å². The number of phenols is 1. The van der Waals surface area contributed by atoms with Crippen LogP contribution in [0.5, 0.6) is 5.75 Å². The van der Waals surface area contributed by atoms with E-state index in [9.17, 15) is 9.90 Å². The lowest BCUT2D eigenvalue weighted by Gasteiger charge is -2.07. The predicted octanol–water partition coefficient (Wildman–Crippen LogP) is 5.02. The van der Waals surface area contributed by atoms with Crippen LogP contribution in [-0.4, -0.2) is 16.0 Å². The second kappa shape index (κ2) is 6.96. The minimum atomic E-state index is -0.225. The van der Waals surface area contributed by atoms with Gasteiger partial charge in [-0.3, -0.25) is 4.79 Å². The van der Waals surface area contributed by atoms with Gasteiger partial charge in [0.1, 0.15) is 11.3 Å². The summed E-state index contributed by atoms with van der Waals surface area (Å²) in [6.07, 6.45) is 0.907. The lowest BCUT2D eigenvalue weighted by atomic mass is 10.1. The number of hydrogen-bond acceptors (Lipinski definition) is 4. The fraction of sp³-hybridized carbons (Fsp3) is 0.0909. The van der Waals surface area contributed by atoms with Gasteiger partial charge in [0.15, 0.2) is 5.58 Å². The fourth-order valence-corrected chi connectivity index (χ4v) is 2.89. The molecule has 0 spiro atoms. The van der Waals surface area contributed by atoms with E-state index in [0.29, 0.717) is 28.3 Å². The zero-order chi connectivity index (χ0) is 18.8. The molecule has 134 valence electrons. The third-order valence-electron chi connectivity index (χ3n) is 4.38. The van der Waals surface area contributed by atoms with Crippen molar-refractivity contribution in [3.05, 3.63) is 77.9 Å². The van der Waals surface area contributed by atoms with Gasteiger partial charge < -0.3 is 14.8 Å². The van der Waals surface area contributed by atoms with Gasteiger partial charge in [-0.2, -0.15) is 0 Å². The van der Waals surface area contributed by atoms with E-state index in [1.54, 1.807) is 36.4 Å². The summed E-state index contributed by atoms with van der Waals surface area (Å²) in [5.41, 5.74) is 4.09. The average Bonchev–Trinajstić information content (AvgIpc) is 3.13. The van der Waals surface area contributed by atoms with Gasteiger partial charge in [-0.1, -0.05) is 31.2 Å². The summed E-state index contributed by atoms with van der Waals surface area (Å²) in [7, 11) is 0. The van der Waals surface area contributed by atoms with Crippen LogP contribution in [0.25, 0.3) is 22.6 Å². The molecule has 3 aromatic carbocycles. The number of phenolic OH excluding ortho intramolecular Hbond substituents is 1. The molecule has 4 rings (SSSR count). The summed E-state index contributed by atoms with van der Waals surface area (Å²) in [5.74, 6) is 0.124. The van der Waals surface area contributed by atoms with E-state index in [0.717, 1.165) is 17.5 Å². The number of aromatic hydroxyl groups is 1. The van der Waals surface area contributed by atoms with Gasteiger partial charge in [0.05, 0.1) is 5.56 Å². The number of nitrogens with one attached hydrogen (secondary N) is 1. The first kappa shape index (κ1) is 16.8. The molecule has 27 heavy (non-hydrogen) atoms. The topological polar surface area (TPSA) is 75.4 Å². The number of hydrogen-bond donors (Lipinski definition) is 2. The molecular formula is C22H18N2O3. The maximum Gasteiger partial charge on any atom is 0.255 e. The van der Waals surface area contributed by atoms with E-state index in [1.165, 1.54) is 6.07 Å². The van der Waals surface area contributed by atoms with Crippen molar-refractivity contribution < 1.29 is 14.3 Å². The smallest absolute Gasteiger partial charge is 0.255 e. The quantitative estimate of drug-likeness (QED) is 0.503. The van der Waals surface area contributed by atoms with E-state index in [-0.39, 0.29) is 11.7 Å². The zero-order valence-corrected chi connectivity index (χ0v) is 14.8. The minimum absolute atomic E-state index is 0.0370. The van der Waals surface area contributed by atoms with E-state index >= 15 is 0 Å². The molecule has 0 aliphatic heterocycles. The minimum Gasteiger partial charge on any atom is -0.507 e. The van der Waals surface area contributed by atoms with Gasteiger partial charge in [0.2, 0.25) is 5.89 Å². The fourth-order valence-electron chi connectivity index (χ4n) is 2.89. The summed E-state index contributed by atoms with van der Waals surface area (Å²) < 4.78 is 5.80. The Balaban J connectivity index is 1.67. The van der Waals surface area contributed by atoms with Crippen molar-refractivity contribution in [2.45, 2.75) is 13.3 Å². The number of fused-ring (bicyclic) bond motifs is 1. The number of anilines is 1. The van der Waals surface area contributed by atoms with Gasteiger partial charge in [0.25, 0.3) is 5.91 Å². The Hall–Kier alpha value is -3.60. The van der Waals surface area contributed by atoms with Crippen LogP contribution in [0.2, 0.25) is 0 Å². The number of amides is 1. The van der Waals surface area contributed by atoms with E-state index in [4.69, 9.17) is 4.42 Å². The molecule has 0 aliphatic rings.